The first-order valence-electron chi connectivity index (χ1n) is 9.40. The zero-order chi connectivity index (χ0) is 20.5. The van der Waals surface area contributed by atoms with Crippen molar-refractivity contribution in [2.45, 2.75) is 45.3 Å². The molecule has 154 valence electrons. The van der Waals surface area contributed by atoms with Gasteiger partial charge in [-0.25, -0.2) is 0 Å². The highest BCUT2D eigenvalue weighted by molar-refractivity contribution is 5.86. The van der Waals surface area contributed by atoms with Crippen LogP contribution < -0.4 is 14.8 Å². The van der Waals surface area contributed by atoms with Gasteiger partial charge in [0.2, 0.25) is 5.91 Å². The molecule has 0 aromatic heterocycles. The van der Waals surface area contributed by atoms with Crippen LogP contribution in [0, 0.1) is 0 Å². The van der Waals surface area contributed by atoms with Crippen LogP contribution in [0.2, 0.25) is 0 Å². The van der Waals surface area contributed by atoms with Gasteiger partial charge < -0.3 is 24.4 Å². The number of hydrogen-bond acceptors (Lipinski definition) is 6. The summed E-state index contributed by atoms with van der Waals surface area (Å²) in [5, 5.41) is 2.72. The van der Waals surface area contributed by atoms with Crippen LogP contribution in [0.15, 0.2) is 18.2 Å². The lowest BCUT2D eigenvalue weighted by Crippen LogP contribution is -2.40. The van der Waals surface area contributed by atoms with Gasteiger partial charge in [0.05, 0.1) is 14.2 Å². The third-order valence-electron chi connectivity index (χ3n) is 4.58. The smallest absolute Gasteiger partial charge is 0.326 e. The molecule has 1 saturated heterocycles. The van der Waals surface area contributed by atoms with Crippen LogP contribution >= 0.6 is 0 Å². The van der Waals surface area contributed by atoms with Gasteiger partial charge in [-0.15, -0.1) is 0 Å². The van der Waals surface area contributed by atoms with Crippen LogP contribution in [0.4, 0.5) is 0 Å². The van der Waals surface area contributed by atoms with Crippen molar-refractivity contribution in [2.75, 3.05) is 27.3 Å². The number of esters is 1. The first-order chi connectivity index (χ1) is 13.4. The maximum absolute atomic E-state index is 12.2. The van der Waals surface area contributed by atoms with Gasteiger partial charge in [0.15, 0.2) is 17.6 Å². The van der Waals surface area contributed by atoms with Crippen molar-refractivity contribution >= 4 is 17.8 Å². The van der Waals surface area contributed by atoms with Crippen molar-refractivity contribution in [3.8, 4) is 11.5 Å². The maximum atomic E-state index is 12.2. The lowest BCUT2D eigenvalue weighted by atomic mass is 10.2. The third kappa shape index (κ3) is 6.14. The topological polar surface area (TPSA) is 94.2 Å². The van der Waals surface area contributed by atoms with Crippen LogP contribution in [0.25, 0.3) is 0 Å². The molecule has 1 aliphatic heterocycles. The van der Waals surface area contributed by atoms with Gasteiger partial charge >= 0.3 is 5.97 Å². The Kier molecular flexibility index (Phi) is 8.10. The fraction of sp³-hybridized carbons (Fsp3) is 0.550. The summed E-state index contributed by atoms with van der Waals surface area (Å²) in [5.41, 5.74) is 0.819. The molecule has 2 rings (SSSR count). The number of benzene rings is 1. The Balaban J connectivity index is 1.82. The molecule has 1 aromatic carbocycles. The number of carbonyl (C=O) groups excluding carboxylic acids is 3. The fourth-order valence-corrected chi connectivity index (χ4v) is 2.97. The molecule has 2 amide bonds. The summed E-state index contributed by atoms with van der Waals surface area (Å²) in [6.45, 7) is 2.19. The highest BCUT2D eigenvalue weighted by atomic mass is 16.5. The molecule has 1 aliphatic rings. The molecular weight excluding hydrogens is 364 g/mol. The second kappa shape index (κ2) is 10.5. The zero-order valence-corrected chi connectivity index (χ0v) is 16.7. The average molecular weight is 392 g/mol. The zero-order valence-electron chi connectivity index (χ0n) is 16.7. The normalized spacial score (nSPS) is 15.4. The minimum atomic E-state index is -0.949. The summed E-state index contributed by atoms with van der Waals surface area (Å²) in [6, 6.07) is 5.33. The Bertz CT molecular complexity index is 706. The predicted octanol–water partition coefficient (Wildman–Crippen LogP) is 1.65. The van der Waals surface area contributed by atoms with E-state index in [-0.39, 0.29) is 19.0 Å². The maximum Gasteiger partial charge on any atom is 0.326 e. The van der Waals surface area contributed by atoms with E-state index in [1.165, 1.54) is 18.9 Å². The number of carbonyl (C=O) groups is 3. The van der Waals surface area contributed by atoms with Crippen molar-refractivity contribution in [3.05, 3.63) is 23.8 Å². The molecule has 8 heteroatoms. The van der Waals surface area contributed by atoms with Crippen LogP contribution in [-0.4, -0.2) is 56.1 Å². The molecule has 0 unspecified atom stereocenters. The number of nitrogens with zero attached hydrogens (tertiary/aromatic N) is 1. The Morgan fingerprint density at radius 1 is 1.14 bits per heavy atom. The number of rotatable bonds is 8. The molecule has 0 radical (unpaired) electrons. The number of amides is 2. The van der Waals surface area contributed by atoms with E-state index in [2.05, 4.69) is 5.32 Å². The van der Waals surface area contributed by atoms with Gasteiger partial charge in [-0.3, -0.25) is 14.4 Å². The third-order valence-corrected chi connectivity index (χ3v) is 4.58. The Hall–Kier alpha value is -2.77. The van der Waals surface area contributed by atoms with E-state index in [1.807, 2.05) is 6.07 Å². The molecule has 0 aliphatic carbocycles. The molecular formula is C20H28N2O6. The molecule has 0 saturated carbocycles. The number of methoxy groups -OCH3 is 2. The Morgan fingerprint density at radius 3 is 2.61 bits per heavy atom. The van der Waals surface area contributed by atoms with E-state index >= 15 is 0 Å². The minimum Gasteiger partial charge on any atom is -0.493 e. The first kappa shape index (κ1) is 21.5. The highest BCUT2D eigenvalue weighted by Gasteiger charge is 2.23. The molecule has 0 bridgehead atoms. The van der Waals surface area contributed by atoms with Gasteiger partial charge in [-0.1, -0.05) is 12.5 Å². The predicted molar refractivity (Wildman–Crippen MR) is 102 cm³/mol. The number of hydrogen-bond donors (Lipinski definition) is 1. The second-order valence-electron chi connectivity index (χ2n) is 6.67. The quantitative estimate of drug-likeness (QED) is 0.676. The van der Waals surface area contributed by atoms with E-state index < -0.39 is 18.0 Å². The van der Waals surface area contributed by atoms with Crippen LogP contribution in [0.3, 0.4) is 0 Å². The number of ether oxygens (including phenoxy) is 3. The van der Waals surface area contributed by atoms with E-state index in [0.29, 0.717) is 24.5 Å². The van der Waals surface area contributed by atoms with E-state index in [0.717, 1.165) is 24.8 Å². The largest absolute Gasteiger partial charge is 0.493 e. The van der Waals surface area contributed by atoms with Crippen molar-refractivity contribution in [2.24, 2.45) is 0 Å². The summed E-state index contributed by atoms with van der Waals surface area (Å²) in [5.74, 6) is 0.133. The summed E-state index contributed by atoms with van der Waals surface area (Å²) >= 11 is 0. The van der Waals surface area contributed by atoms with Crippen LogP contribution in [0.5, 0.6) is 11.5 Å². The van der Waals surface area contributed by atoms with Crippen molar-refractivity contribution < 1.29 is 28.6 Å². The van der Waals surface area contributed by atoms with Gasteiger partial charge in [-0.2, -0.15) is 0 Å². The molecule has 1 atom stereocenters. The summed E-state index contributed by atoms with van der Waals surface area (Å²) in [4.78, 5) is 37.8. The Labute approximate surface area is 165 Å². The molecule has 0 spiro atoms. The van der Waals surface area contributed by atoms with E-state index in [9.17, 15) is 14.4 Å². The van der Waals surface area contributed by atoms with Crippen molar-refractivity contribution in [1.82, 2.24) is 10.2 Å². The SMILES string of the molecule is COc1ccc(CNC(=O)[C@@H](C)OC(=O)CN2CCCCCC2=O)cc1OC. The molecule has 8 nitrogen and oxygen atoms in total. The van der Waals surface area contributed by atoms with E-state index in [4.69, 9.17) is 14.2 Å². The monoisotopic (exact) mass is 392 g/mol. The lowest BCUT2D eigenvalue weighted by Gasteiger charge is -2.21. The highest BCUT2D eigenvalue weighted by Crippen LogP contribution is 2.27. The minimum absolute atomic E-state index is 0.0417. The molecule has 28 heavy (non-hydrogen) atoms. The molecule has 1 heterocycles. The van der Waals surface area contributed by atoms with Crippen molar-refractivity contribution in [3.63, 3.8) is 0 Å². The fourth-order valence-electron chi connectivity index (χ4n) is 2.97. The first-order valence-corrected chi connectivity index (χ1v) is 9.40. The molecule has 1 fully saturated rings. The molecule has 1 N–H and O–H groups in total. The summed E-state index contributed by atoms with van der Waals surface area (Å²) in [6.07, 6.45) is 2.20. The van der Waals surface area contributed by atoms with Crippen LogP contribution in [0.1, 0.15) is 38.2 Å². The standard InChI is InChI=1S/C20H28N2O6/c1-14(28-19(24)13-22-10-6-4-5-7-18(22)23)20(25)21-12-15-8-9-16(26-2)17(11-15)27-3/h8-9,11,14H,4-7,10,12-13H2,1-3H3,(H,21,25)/t14-/m1/s1. The number of nitrogens with one attached hydrogen (secondary N) is 1. The summed E-state index contributed by atoms with van der Waals surface area (Å²) in [7, 11) is 3.09. The lowest BCUT2D eigenvalue weighted by molar-refractivity contribution is -0.157. The van der Waals surface area contributed by atoms with Gasteiger partial charge in [0.1, 0.15) is 6.54 Å². The Morgan fingerprint density at radius 2 is 1.89 bits per heavy atom. The molecule has 1 aromatic rings. The number of likely N-dealkylation sites (tertiary alicyclic amines) is 1. The van der Waals surface area contributed by atoms with Crippen molar-refractivity contribution in [1.29, 1.82) is 0 Å². The second-order valence-corrected chi connectivity index (χ2v) is 6.67. The van der Waals surface area contributed by atoms with E-state index in [1.54, 1.807) is 19.2 Å². The van der Waals surface area contributed by atoms with Gasteiger partial charge in [0, 0.05) is 19.5 Å². The van der Waals surface area contributed by atoms with Gasteiger partial charge in [-0.05, 0) is 37.5 Å². The van der Waals surface area contributed by atoms with Crippen LogP contribution in [-0.2, 0) is 25.7 Å². The van der Waals surface area contributed by atoms with Gasteiger partial charge in [0.25, 0.3) is 5.91 Å². The average Bonchev–Trinajstić information content (AvgIpc) is 2.89. The summed E-state index contributed by atoms with van der Waals surface area (Å²) < 4.78 is 15.6.